The molecular formula is C24H17N3O. The Kier molecular flexibility index (Phi) is 3.87. The lowest BCUT2D eigenvalue weighted by molar-refractivity contribution is 0.432. The number of nitrogens with zero attached hydrogens (tertiary/aromatic N) is 3. The van der Waals surface area contributed by atoms with Crippen LogP contribution in [0, 0.1) is 0 Å². The minimum Gasteiger partial charge on any atom is -0.493 e. The van der Waals surface area contributed by atoms with Gasteiger partial charge in [0.1, 0.15) is 0 Å². The molecule has 0 radical (unpaired) electrons. The van der Waals surface area contributed by atoms with Gasteiger partial charge in [-0.1, -0.05) is 72.8 Å². The van der Waals surface area contributed by atoms with Crippen LogP contribution in [-0.2, 0) is 0 Å². The van der Waals surface area contributed by atoms with Crippen molar-refractivity contribution >= 4 is 10.8 Å². The maximum absolute atomic E-state index is 10.3. The average molecular weight is 363 g/mol. The third-order valence-electron chi connectivity index (χ3n) is 4.84. The highest BCUT2D eigenvalue weighted by Gasteiger charge is 2.11. The van der Waals surface area contributed by atoms with Crippen LogP contribution in [0.3, 0.4) is 0 Å². The molecular weight excluding hydrogens is 346 g/mol. The molecule has 0 aliphatic rings. The molecule has 0 fully saturated rings. The second-order valence-corrected chi connectivity index (χ2v) is 6.59. The monoisotopic (exact) mass is 363 g/mol. The van der Waals surface area contributed by atoms with Crippen LogP contribution < -0.4 is 0 Å². The molecule has 2 heterocycles. The lowest BCUT2D eigenvalue weighted by Gasteiger charge is -2.07. The molecule has 5 aromatic rings. The van der Waals surface area contributed by atoms with Crippen molar-refractivity contribution < 1.29 is 5.11 Å². The van der Waals surface area contributed by atoms with Gasteiger partial charge in [-0.3, -0.25) is 0 Å². The third kappa shape index (κ3) is 2.81. The molecule has 28 heavy (non-hydrogen) atoms. The van der Waals surface area contributed by atoms with E-state index in [0.29, 0.717) is 11.5 Å². The van der Waals surface area contributed by atoms with Gasteiger partial charge in [0, 0.05) is 17.8 Å². The zero-order valence-corrected chi connectivity index (χ0v) is 15.0. The minimum atomic E-state index is 0.0619. The van der Waals surface area contributed by atoms with E-state index in [2.05, 4.69) is 64.7 Å². The van der Waals surface area contributed by atoms with Crippen molar-refractivity contribution in [3.8, 4) is 34.1 Å². The Bertz CT molecular complexity index is 1250. The topological polar surface area (TPSA) is 50.9 Å². The summed E-state index contributed by atoms with van der Waals surface area (Å²) in [5, 5.41) is 17.2. The van der Waals surface area contributed by atoms with Crippen molar-refractivity contribution in [2.75, 3.05) is 0 Å². The summed E-state index contributed by atoms with van der Waals surface area (Å²) in [7, 11) is 0. The molecule has 1 N–H and O–H groups in total. The number of hydrogen-bond acceptors (Lipinski definition) is 3. The van der Waals surface area contributed by atoms with Crippen LogP contribution in [0.2, 0.25) is 0 Å². The summed E-state index contributed by atoms with van der Waals surface area (Å²) in [6.45, 7) is 0. The molecule has 134 valence electrons. The third-order valence-corrected chi connectivity index (χ3v) is 4.84. The summed E-state index contributed by atoms with van der Waals surface area (Å²) in [5.41, 5.74) is 3.99. The Morgan fingerprint density at radius 3 is 2.29 bits per heavy atom. The van der Waals surface area contributed by atoms with E-state index >= 15 is 0 Å². The number of rotatable bonds is 3. The first-order chi connectivity index (χ1) is 13.8. The van der Waals surface area contributed by atoms with Crippen molar-refractivity contribution in [1.82, 2.24) is 14.8 Å². The van der Waals surface area contributed by atoms with Gasteiger partial charge in [-0.2, -0.15) is 9.78 Å². The van der Waals surface area contributed by atoms with Crippen LogP contribution in [0.4, 0.5) is 0 Å². The van der Waals surface area contributed by atoms with E-state index in [0.717, 1.165) is 11.1 Å². The largest absolute Gasteiger partial charge is 0.493 e. The number of aromatic hydroxyl groups is 1. The summed E-state index contributed by atoms with van der Waals surface area (Å²) in [6.07, 6.45) is 1.68. The van der Waals surface area contributed by atoms with Crippen LogP contribution in [0.15, 0.2) is 97.2 Å². The van der Waals surface area contributed by atoms with E-state index in [1.54, 1.807) is 18.3 Å². The maximum atomic E-state index is 10.3. The standard InChI is InChI=1S/C24H17N3O/c28-24-16-22(26-27(24)23-10-3-4-15-25-23)19-13-11-18(12-14-19)21-9-5-7-17-6-1-2-8-20(17)21/h1-16,28H. The summed E-state index contributed by atoms with van der Waals surface area (Å²) in [5.74, 6) is 0.644. The SMILES string of the molecule is Oc1cc(-c2ccc(-c3cccc4ccccc34)cc2)nn1-c1ccccn1. The Morgan fingerprint density at radius 1 is 0.714 bits per heavy atom. The van der Waals surface area contributed by atoms with Crippen LogP contribution in [0.25, 0.3) is 39.0 Å². The lowest BCUT2D eigenvalue weighted by atomic mass is 9.97. The van der Waals surface area contributed by atoms with Crippen LogP contribution in [0.1, 0.15) is 0 Å². The van der Waals surface area contributed by atoms with E-state index in [-0.39, 0.29) is 5.88 Å². The fraction of sp³-hybridized carbons (Fsp3) is 0. The zero-order chi connectivity index (χ0) is 18.9. The fourth-order valence-electron chi connectivity index (χ4n) is 3.46. The summed E-state index contributed by atoms with van der Waals surface area (Å²) in [6, 6.07) is 30.1. The predicted octanol–water partition coefficient (Wildman–Crippen LogP) is 5.46. The molecule has 0 spiro atoms. The highest BCUT2D eigenvalue weighted by Crippen LogP contribution is 2.31. The number of fused-ring (bicyclic) bond motifs is 1. The molecule has 4 heteroatoms. The molecule has 2 aromatic heterocycles. The quantitative estimate of drug-likeness (QED) is 0.463. The van der Waals surface area contributed by atoms with Gasteiger partial charge in [0.25, 0.3) is 0 Å². The van der Waals surface area contributed by atoms with Crippen LogP contribution >= 0.6 is 0 Å². The van der Waals surface area contributed by atoms with E-state index in [4.69, 9.17) is 0 Å². The fourth-order valence-corrected chi connectivity index (χ4v) is 3.46. The first-order valence-electron chi connectivity index (χ1n) is 9.08. The molecule has 0 saturated carbocycles. The highest BCUT2D eigenvalue weighted by molar-refractivity contribution is 5.96. The number of benzene rings is 3. The Hall–Kier alpha value is -3.92. The Balaban J connectivity index is 1.52. The molecule has 5 rings (SSSR count). The van der Waals surface area contributed by atoms with E-state index < -0.39 is 0 Å². The van der Waals surface area contributed by atoms with Crippen molar-refractivity contribution in [1.29, 1.82) is 0 Å². The Labute approximate surface area is 162 Å². The summed E-state index contributed by atoms with van der Waals surface area (Å²) in [4.78, 5) is 4.24. The van der Waals surface area contributed by atoms with E-state index in [1.165, 1.54) is 21.0 Å². The molecule has 0 bridgehead atoms. The molecule has 0 aliphatic heterocycles. The number of hydrogen-bond donors (Lipinski definition) is 1. The van der Waals surface area contributed by atoms with Crippen LogP contribution in [0.5, 0.6) is 5.88 Å². The van der Waals surface area contributed by atoms with Crippen molar-refractivity contribution in [2.24, 2.45) is 0 Å². The van der Waals surface area contributed by atoms with Crippen molar-refractivity contribution in [3.05, 3.63) is 97.2 Å². The van der Waals surface area contributed by atoms with Crippen molar-refractivity contribution in [3.63, 3.8) is 0 Å². The molecule has 0 amide bonds. The van der Waals surface area contributed by atoms with Gasteiger partial charge in [0.2, 0.25) is 5.88 Å². The first kappa shape index (κ1) is 16.3. The van der Waals surface area contributed by atoms with Gasteiger partial charge in [-0.15, -0.1) is 0 Å². The zero-order valence-electron chi connectivity index (χ0n) is 15.0. The van der Waals surface area contributed by atoms with Crippen molar-refractivity contribution in [2.45, 2.75) is 0 Å². The second-order valence-electron chi connectivity index (χ2n) is 6.59. The first-order valence-corrected chi connectivity index (χ1v) is 9.08. The highest BCUT2D eigenvalue weighted by atomic mass is 16.3. The summed E-state index contributed by atoms with van der Waals surface area (Å²) < 4.78 is 1.44. The van der Waals surface area contributed by atoms with Crippen LogP contribution in [-0.4, -0.2) is 19.9 Å². The molecule has 4 nitrogen and oxygen atoms in total. The molecule has 0 aliphatic carbocycles. The molecule has 0 saturated heterocycles. The molecule has 0 atom stereocenters. The van der Waals surface area contributed by atoms with Gasteiger partial charge in [-0.25, -0.2) is 4.98 Å². The van der Waals surface area contributed by atoms with Gasteiger partial charge >= 0.3 is 0 Å². The van der Waals surface area contributed by atoms with Gasteiger partial charge in [0.15, 0.2) is 5.82 Å². The predicted molar refractivity (Wildman–Crippen MR) is 111 cm³/mol. The number of pyridine rings is 1. The molecule has 0 unspecified atom stereocenters. The Morgan fingerprint density at radius 2 is 1.46 bits per heavy atom. The maximum Gasteiger partial charge on any atom is 0.216 e. The normalized spacial score (nSPS) is 11.0. The lowest BCUT2D eigenvalue weighted by Crippen LogP contribution is -1.98. The number of aromatic nitrogens is 3. The van der Waals surface area contributed by atoms with Gasteiger partial charge in [-0.05, 0) is 34.0 Å². The van der Waals surface area contributed by atoms with E-state index in [1.807, 2.05) is 24.3 Å². The average Bonchev–Trinajstić information content (AvgIpc) is 3.16. The van der Waals surface area contributed by atoms with Gasteiger partial charge in [0.05, 0.1) is 5.69 Å². The summed E-state index contributed by atoms with van der Waals surface area (Å²) >= 11 is 0. The second kappa shape index (κ2) is 6.67. The smallest absolute Gasteiger partial charge is 0.216 e. The molecule has 3 aromatic carbocycles. The minimum absolute atomic E-state index is 0.0619. The van der Waals surface area contributed by atoms with Gasteiger partial charge < -0.3 is 5.11 Å². The van der Waals surface area contributed by atoms with E-state index in [9.17, 15) is 5.11 Å².